The maximum Gasteiger partial charge on any atom is 0.262 e. The van der Waals surface area contributed by atoms with E-state index in [9.17, 15) is 4.79 Å². The SMILES string of the molecule is COc1ccc(OCC(=O)Nc2ccc(C)c(Br)c2)cc1. The Bertz CT molecular complexity index is 626. The molecule has 0 unspecified atom stereocenters. The van der Waals surface area contributed by atoms with Crippen LogP contribution in [0.2, 0.25) is 0 Å². The molecular formula is C16H16BrNO3. The van der Waals surface area contributed by atoms with E-state index in [1.54, 1.807) is 31.4 Å². The molecule has 110 valence electrons. The van der Waals surface area contributed by atoms with Crippen LogP contribution in [-0.2, 0) is 4.79 Å². The Labute approximate surface area is 132 Å². The number of rotatable bonds is 5. The van der Waals surface area contributed by atoms with Crippen LogP contribution in [0.1, 0.15) is 5.56 Å². The highest BCUT2D eigenvalue weighted by atomic mass is 79.9. The van der Waals surface area contributed by atoms with Crippen molar-refractivity contribution >= 4 is 27.5 Å². The van der Waals surface area contributed by atoms with Crippen LogP contribution in [0.15, 0.2) is 46.9 Å². The lowest BCUT2D eigenvalue weighted by atomic mass is 10.2. The third-order valence-corrected chi connectivity index (χ3v) is 3.74. The molecule has 1 N–H and O–H groups in total. The fourth-order valence-corrected chi connectivity index (χ4v) is 2.07. The molecule has 2 rings (SSSR count). The monoisotopic (exact) mass is 349 g/mol. The van der Waals surface area contributed by atoms with Gasteiger partial charge in [0.25, 0.3) is 5.91 Å². The van der Waals surface area contributed by atoms with Gasteiger partial charge in [0.15, 0.2) is 6.61 Å². The lowest BCUT2D eigenvalue weighted by Gasteiger charge is -2.09. The molecule has 0 aliphatic carbocycles. The van der Waals surface area contributed by atoms with Gasteiger partial charge < -0.3 is 14.8 Å². The van der Waals surface area contributed by atoms with Gasteiger partial charge in [-0.15, -0.1) is 0 Å². The molecule has 0 spiro atoms. The Hall–Kier alpha value is -2.01. The standard InChI is InChI=1S/C16H16BrNO3/c1-11-3-4-12(9-15(11)17)18-16(19)10-21-14-7-5-13(20-2)6-8-14/h3-9H,10H2,1-2H3,(H,18,19). The van der Waals surface area contributed by atoms with E-state index < -0.39 is 0 Å². The van der Waals surface area contributed by atoms with E-state index in [1.807, 2.05) is 25.1 Å². The number of carbonyl (C=O) groups excluding carboxylic acids is 1. The molecule has 0 bridgehead atoms. The molecule has 0 fully saturated rings. The third kappa shape index (κ3) is 4.49. The van der Waals surface area contributed by atoms with Gasteiger partial charge in [-0.3, -0.25) is 4.79 Å². The van der Waals surface area contributed by atoms with E-state index in [-0.39, 0.29) is 12.5 Å². The normalized spacial score (nSPS) is 10.0. The van der Waals surface area contributed by atoms with E-state index >= 15 is 0 Å². The zero-order chi connectivity index (χ0) is 15.2. The zero-order valence-electron chi connectivity index (χ0n) is 11.9. The van der Waals surface area contributed by atoms with Crippen molar-refractivity contribution in [1.82, 2.24) is 0 Å². The summed E-state index contributed by atoms with van der Waals surface area (Å²) in [5, 5.41) is 2.78. The molecule has 21 heavy (non-hydrogen) atoms. The topological polar surface area (TPSA) is 47.6 Å². The van der Waals surface area contributed by atoms with Gasteiger partial charge in [0.05, 0.1) is 7.11 Å². The summed E-state index contributed by atoms with van der Waals surface area (Å²) in [7, 11) is 1.60. The molecule has 5 heteroatoms. The summed E-state index contributed by atoms with van der Waals surface area (Å²) in [4.78, 5) is 11.8. The van der Waals surface area contributed by atoms with Gasteiger partial charge in [-0.1, -0.05) is 22.0 Å². The minimum absolute atomic E-state index is 0.0438. The molecule has 2 aromatic rings. The Morgan fingerprint density at radius 3 is 2.43 bits per heavy atom. The van der Waals surface area contributed by atoms with Crippen LogP contribution >= 0.6 is 15.9 Å². The highest BCUT2D eigenvalue weighted by Gasteiger charge is 2.05. The summed E-state index contributed by atoms with van der Waals surface area (Å²) in [5.41, 5.74) is 1.85. The number of methoxy groups -OCH3 is 1. The van der Waals surface area contributed by atoms with Crippen molar-refractivity contribution in [2.75, 3.05) is 19.0 Å². The van der Waals surface area contributed by atoms with Gasteiger partial charge in [0.2, 0.25) is 0 Å². The minimum atomic E-state index is -0.207. The van der Waals surface area contributed by atoms with Gasteiger partial charge in [-0.05, 0) is 48.9 Å². The number of anilines is 1. The first-order valence-electron chi connectivity index (χ1n) is 6.41. The summed E-state index contributed by atoms with van der Waals surface area (Å²) >= 11 is 3.43. The summed E-state index contributed by atoms with van der Waals surface area (Å²) < 4.78 is 11.4. The second-order valence-electron chi connectivity index (χ2n) is 4.48. The smallest absolute Gasteiger partial charge is 0.262 e. The molecule has 0 atom stereocenters. The van der Waals surface area contributed by atoms with E-state index in [2.05, 4.69) is 21.2 Å². The molecule has 0 aliphatic heterocycles. The molecule has 0 aliphatic rings. The average Bonchev–Trinajstić information content (AvgIpc) is 2.49. The quantitative estimate of drug-likeness (QED) is 0.893. The van der Waals surface area contributed by atoms with Crippen LogP contribution in [0.5, 0.6) is 11.5 Å². The summed E-state index contributed by atoms with van der Waals surface area (Å²) in [6, 6.07) is 12.7. The van der Waals surface area contributed by atoms with Crippen LogP contribution in [0.25, 0.3) is 0 Å². The lowest BCUT2D eigenvalue weighted by molar-refractivity contribution is -0.118. The molecule has 0 heterocycles. The minimum Gasteiger partial charge on any atom is -0.497 e. The number of amides is 1. The van der Waals surface area contributed by atoms with Gasteiger partial charge in [0.1, 0.15) is 11.5 Å². The lowest BCUT2D eigenvalue weighted by Crippen LogP contribution is -2.20. The third-order valence-electron chi connectivity index (χ3n) is 2.88. The molecule has 1 amide bonds. The van der Waals surface area contributed by atoms with E-state index in [4.69, 9.17) is 9.47 Å². The average molecular weight is 350 g/mol. The molecular weight excluding hydrogens is 334 g/mol. The van der Waals surface area contributed by atoms with Crippen molar-refractivity contribution in [2.24, 2.45) is 0 Å². The number of ether oxygens (including phenoxy) is 2. The van der Waals surface area contributed by atoms with E-state index in [1.165, 1.54) is 0 Å². The molecule has 0 saturated carbocycles. The van der Waals surface area contributed by atoms with Gasteiger partial charge in [0, 0.05) is 10.2 Å². The van der Waals surface area contributed by atoms with Gasteiger partial charge >= 0.3 is 0 Å². The molecule has 0 radical (unpaired) electrons. The predicted molar refractivity (Wildman–Crippen MR) is 86.0 cm³/mol. The van der Waals surface area contributed by atoms with Crippen molar-refractivity contribution in [1.29, 1.82) is 0 Å². The number of hydrogen-bond donors (Lipinski definition) is 1. The summed E-state index contributed by atoms with van der Waals surface area (Å²) in [5.74, 6) is 1.16. The van der Waals surface area contributed by atoms with Crippen LogP contribution in [0.3, 0.4) is 0 Å². The van der Waals surface area contributed by atoms with Crippen molar-refractivity contribution in [3.63, 3.8) is 0 Å². The van der Waals surface area contributed by atoms with Crippen molar-refractivity contribution in [3.05, 3.63) is 52.5 Å². The number of nitrogens with one attached hydrogen (secondary N) is 1. The number of carbonyl (C=O) groups is 1. The predicted octanol–water partition coefficient (Wildman–Crippen LogP) is 3.78. The Balaban J connectivity index is 1.87. The first kappa shape index (κ1) is 15.4. The highest BCUT2D eigenvalue weighted by Crippen LogP contribution is 2.21. The molecule has 4 nitrogen and oxygen atoms in total. The van der Waals surface area contributed by atoms with E-state index in [0.29, 0.717) is 5.75 Å². The Kier molecular flexibility index (Phi) is 5.22. The van der Waals surface area contributed by atoms with Gasteiger partial charge in [-0.25, -0.2) is 0 Å². The number of benzene rings is 2. The van der Waals surface area contributed by atoms with Crippen molar-refractivity contribution < 1.29 is 14.3 Å². The summed E-state index contributed by atoms with van der Waals surface area (Å²) in [6.45, 7) is 1.94. The first-order chi connectivity index (χ1) is 10.1. The molecule has 0 saturated heterocycles. The second-order valence-corrected chi connectivity index (χ2v) is 5.33. The van der Waals surface area contributed by atoms with Crippen molar-refractivity contribution in [2.45, 2.75) is 6.92 Å². The fraction of sp³-hybridized carbons (Fsp3) is 0.188. The van der Waals surface area contributed by atoms with Crippen LogP contribution in [-0.4, -0.2) is 19.6 Å². The van der Waals surface area contributed by atoms with Crippen LogP contribution in [0, 0.1) is 6.92 Å². The zero-order valence-corrected chi connectivity index (χ0v) is 13.4. The largest absolute Gasteiger partial charge is 0.497 e. The Morgan fingerprint density at radius 2 is 1.81 bits per heavy atom. The molecule has 2 aromatic carbocycles. The number of aryl methyl sites for hydroxylation is 1. The second kappa shape index (κ2) is 7.13. The van der Waals surface area contributed by atoms with E-state index in [0.717, 1.165) is 21.5 Å². The van der Waals surface area contributed by atoms with Crippen LogP contribution in [0.4, 0.5) is 5.69 Å². The summed E-state index contributed by atoms with van der Waals surface area (Å²) in [6.07, 6.45) is 0. The van der Waals surface area contributed by atoms with Gasteiger partial charge in [-0.2, -0.15) is 0 Å². The number of hydrogen-bond acceptors (Lipinski definition) is 3. The maximum absolute atomic E-state index is 11.8. The number of halogens is 1. The van der Waals surface area contributed by atoms with Crippen LogP contribution < -0.4 is 14.8 Å². The first-order valence-corrected chi connectivity index (χ1v) is 7.20. The maximum atomic E-state index is 11.8. The molecule has 0 aromatic heterocycles. The van der Waals surface area contributed by atoms with Crippen molar-refractivity contribution in [3.8, 4) is 11.5 Å². The fourth-order valence-electron chi connectivity index (χ4n) is 1.69. The highest BCUT2D eigenvalue weighted by molar-refractivity contribution is 9.10. The Morgan fingerprint density at radius 1 is 1.14 bits per heavy atom.